The van der Waals surface area contributed by atoms with E-state index in [0.717, 1.165) is 26.7 Å². The second-order valence-corrected chi connectivity index (χ2v) is 11.7. The number of carbonyl (C=O) groups excluding carboxylic acids is 2. The van der Waals surface area contributed by atoms with E-state index in [0.29, 0.717) is 16.2 Å². The van der Waals surface area contributed by atoms with E-state index in [4.69, 9.17) is 0 Å². The Kier molecular flexibility index (Phi) is 7.88. The van der Waals surface area contributed by atoms with Gasteiger partial charge in [0.05, 0.1) is 0 Å². The summed E-state index contributed by atoms with van der Waals surface area (Å²) in [5.41, 5.74) is 1.04. The molecule has 0 bridgehead atoms. The number of aliphatic hydroxyl groups excluding tert-OH is 1. The Balaban J connectivity index is 1.39. The minimum Gasteiger partial charge on any atom is -0.481 e. The van der Waals surface area contributed by atoms with E-state index in [-0.39, 0.29) is 29.9 Å². The Morgan fingerprint density at radius 3 is 2.59 bits per heavy atom. The zero-order valence-electron chi connectivity index (χ0n) is 21.4. The summed E-state index contributed by atoms with van der Waals surface area (Å²) in [7, 11) is 0. The molecule has 1 saturated heterocycles. The summed E-state index contributed by atoms with van der Waals surface area (Å²) < 4.78 is 1.03. The van der Waals surface area contributed by atoms with E-state index in [1.165, 1.54) is 17.8 Å². The molecule has 41 heavy (non-hydrogen) atoms. The average Bonchev–Trinajstić information content (AvgIpc) is 3.32. The van der Waals surface area contributed by atoms with Gasteiger partial charge in [-0.1, -0.05) is 41.6 Å². The van der Waals surface area contributed by atoms with Crippen LogP contribution in [0.25, 0.3) is 5.65 Å². The summed E-state index contributed by atoms with van der Waals surface area (Å²) in [4.78, 5) is 62.8. The highest BCUT2D eigenvalue weighted by atomic mass is 32.2. The molecule has 5 rings (SSSR count). The molecule has 4 atom stereocenters. The lowest BCUT2D eigenvalue weighted by molar-refractivity contribution is -0.151. The predicted molar refractivity (Wildman–Crippen MR) is 146 cm³/mol. The number of nitrogens with one attached hydrogen (secondary N) is 2. The van der Waals surface area contributed by atoms with Gasteiger partial charge in [-0.3, -0.25) is 19.3 Å². The summed E-state index contributed by atoms with van der Waals surface area (Å²) in [5.74, 6) is -3.77. The normalized spacial score (nSPS) is 19.9. The molecular formula is C25H24N6O8S2. The highest BCUT2D eigenvalue weighted by molar-refractivity contribution is 8.01. The Morgan fingerprint density at radius 2 is 1.90 bits per heavy atom. The summed E-state index contributed by atoms with van der Waals surface area (Å²) in [6.07, 6.45) is -1.76. The summed E-state index contributed by atoms with van der Waals surface area (Å²) >= 11 is 2.30. The Labute approximate surface area is 239 Å². The number of aliphatic carboxylic acids is 2. The van der Waals surface area contributed by atoms with Gasteiger partial charge in [0, 0.05) is 17.4 Å². The third-order valence-corrected chi connectivity index (χ3v) is 9.23. The molecule has 0 aliphatic carbocycles. The lowest BCUT2D eigenvalue weighted by Gasteiger charge is -2.50. The maximum atomic E-state index is 13.2. The number of benzene rings is 1. The molecule has 2 aliphatic heterocycles. The van der Waals surface area contributed by atoms with Crippen LogP contribution in [0, 0.1) is 6.92 Å². The van der Waals surface area contributed by atoms with Gasteiger partial charge in [0.1, 0.15) is 22.1 Å². The topological polar surface area (TPSA) is 207 Å². The molecule has 2 amide bonds. The maximum absolute atomic E-state index is 13.2. The van der Waals surface area contributed by atoms with Gasteiger partial charge in [0.15, 0.2) is 11.8 Å². The number of aryl methyl sites for hydroxylation is 1. The Hall–Kier alpha value is -4.15. The zero-order valence-corrected chi connectivity index (χ0v) is 23.0. The van der Waals surface area contributed by atoms with Gasteiger partial charge in [-0.2, -0.15) is 14.7 Å². The first-order valence-corrected chi connectivity index (χ1v) is 14.3. The minimum absolute atomic E-state index is 0.0300. The minimum atomic E-state index is -1.51. The summed E-state index contributed by atoms with van der Waals surface area (Å²) in [6.45, 7) is 1.86. The van der Waals surface area contributed by atoms with Crippen LogP contribution < -0.4 is 11.0 Å². The fraction of sp³-hybridized carbons (Fsp3) is 0.320. The number of rotatable bonds is 10. The van der Waals surface area contributed by atoms with E-state index >= 15 is 0 Å². The molecule has 0 spiro atoms. The molecule has 0 saturated carbocycles. The van der Waals surface area contributed by atoms with Gasteiger partial charge in [-0.15, -0.1) is 11.8 Å². The first kappa shape index (κ1) is 28.4. The van der Waals surface area contributed by atoms with Crippen LogP contribution in [0.2, 0.25) is 0 Å². The van der Waals surface area contributed by atoms with Crippen molar-refractivity contribution in [2.24, 2.45) is 0 Å². The molecule has 1 aromatic carbocycles. The number of aliphatic hydroxyl groups is 1. The van der Waals surface area contributed by atoms with Gasteiger partial charge >= 0.3 is 17.6 Å². The van der Waals surface area contributed by atoms with Crippen molar-refractivity contribution < 1.29 is 34.5 Å². The first-order valence-electron chi connectivity index (χ1n) is 12.3. The van der Waals surface area contributed by atoms with Crippen molar-refractivity contribution in [3.05, 3.63) is 69.3 Å². The van der Waals surface area contributed by atoms with E-state index in [1.807, 2.05) is 6.92 Å². The number of carboxylic acid groups (broad SMARTS) is 2. The number of fused-ring (bicyclic) bond motifs is 2. The number of carbonyl (C=O) groups is 4. The fourth-order valence-electron chi connectivity index (χ4n) is 4.58. The molecule has 3 unspecified atom stereocenters. The zero-order chi connectivity index (χ0) is 29.4. The van der Waals surface area contributed by atoms with Crippen LogP contribution in [0.4, 0.5) is 0 Å². The van der Waals surface area contributed by atoms with Crippen molar-refractivity contribution in [3.63, 3.8) is 0 Å². The van der Waals surface area contributed by atoms with Crippen LogP contribution in [-0.2, 0) is 19.2 Å². The number of hydrogen-bond donors (Lipinski definition) is 5. The van der Waals surface area contributed by atoms with Gasteiger partial charge in [0.2, 0.25) is 0 Å². The van der Waals surface area contributed by atoms with Crippen molar-refractivity contribution in [3.8, 4) is 0 Å². The van der Waals surface area contributed by atoms with E-state index in [9.17, 15) is 39.3 Å². The molecule has 3 aromatic rings. The van der Waals surface area contributed by atoms with Crippen LogP contribution >= 0.6 is 23.5 Å². The monoisotopic (exact) mass is 600 g/mol. The number of nitrogens with zero attached hydrogens (tertiary/aromatic N) is 4. The molecule has 1 fully saturated rings. The van der Waals surface area contributed by atoms with Crippen LogP contribution in [-0.4, -0.2) is 86.2 Å². The average molecular weight is 601 g/mol. The lowest BCUT2D eigenvalue weighted by Crippen LogP contribution is -2.71. The highest BCUT2D eigenvalue weighted by Gasteiger charge is 2.55. The van der Waals surface area contributed by atoms with Crippen molar-refractivity contribution in [1.82, 2.24) is 30.0 Å². The number of aromatic nitrogens is 4. The third kappa shape index (κ3) is 5.57. The van der Waals surface area contributed by atoms with Gasteiger partial charge < -0.3 is 20.6 Å². The number of amides is 2. The molecule has 214 valence electrons. The quantitative estimate of drug-likeness (QED) is 0.159. The fourth-order valence-corrected chi connectivity index (χ4v) is 7.24. The molecule has 14 nitrogen and oxygen atoms in total. The lowest BCUT2D eigenvalue weighted by atomic mass is 9.99. The summed E-state index contributed by atoms with van der Waals surface area (Å²) in [6, 6.07) is 8.75. The first-order chi connectivity index (χ1) is 19.5. The Morgan fingerprint density at radius 1 is 1.17 bits per heavy atom. The van der Waals surface area contributed by atoms with Crippen LogP contribution in [0.15, 0.2) is 57.5 Å². The molecule has 16 heteroatoms. The van der Waals surface area contributed by atoms with Gasteiger partial charge in [-0.05, 0) is 36.6 Å². The molecular weight excluding hydrogens is 576 g/mol. The van der Waals surface area contributed by atoms with Crippen LogP contribution in [0.1, 0.15) is 30.1 Å². The van der Waals surface area contributed by atoms with Crippen LogP contribution in [0.3, 0.4) is 0 Å². The third-order valence-electron chi connectivity index (χ3n) is 6.66. The van der Waals surface area contributed by atoms with Gasteiger partial charge in [0.25, 0.3) is 11.8 Å². The van der Waals surface area contributed by atoms with Crippen molar-refractivity contribution >= 4 is 52.9 Å². The largest absolute Gasteiger partial charge is 0.481 e. The van der Waals surface area contributed by atoms with Crippen molar-refractivity contribution in [2.75, 3.05) is 5.75 Å². The van der Waals surface area contributed by atoms with E-state index in [2.05, 4.69) is 20.6 Å². The van der Waals surface area contributed by atoms with Gasteiger partial charge in [-0.25, -0.2) is 14.7 Å². The van der Waals surface area contributed by atoms with Crippen molar-refractivity contribution in [2.45, 2.75) is 47.6 Å². The molecule has 2 aliphatic rings. The number of carboxylic acids is 2. The number of thioether (sulfide) groups is 2. The van der Waals surface area contributed by atoms with E-state index in [1.54, 1.807) is 30.3 Å². The van der Waals surface area contributed by atoms with Crippen molar-refractivity contribution in [1.29, 1.82) is 0 Å². The Bertz CT molecular complexity index is 1630. The molecule has 5 N–H and O–H groups in total. The maximum Gasteiger partial charge on any atom is 0.364 e. The predicted octanol–water partition coefficient (Wildman–Crippen LogP) is 0.524. The number of β-lactam (4-membered cyclic amide) rings is 1. The molecule has 0 radical (unpaired) electrons. The standard InChI is InChI=1S/C25H24N6O8S2/c1-11-2-4-12(5-3-11)20(34)21(35)26-18-22(36)30-19(24(37)38)13(10-40-23(18)30)14(6-9-17(32)33)41-16-8-7-15-27-28-25(39)31(15)29-16/h2-5,7-8,14,18,20,23,34H,6,9-10H2,1H3,(H,26,35)(H,28,39)(H,32,33)(H,37,38)/t14?,18?,20?,23-/m0/s1. The number of H-pyrrole nitrogens is 1. The second kappa shape index (κ2) is 11.4. The highest BCUT2D eigenvalue weighted by Crippen LogP contribution is 2.44. The second-order valence-electron chi connectivity index (χ2n) is 9.40. The van der Waals surface area contributed by atoms with Crippen LogP contribution in [0.5, 0.6) is 0 Å². The van der Waals surface area contributed by atoms with E-state index < -0.39 is 52.2 Å². The molecule has 2 aromatic heterocycles. The summed E-state index contributed by atoms with van der Waals surface area (Å²) in [5, 5.41) is 41.6. The number of aromatic amines is 1. The SMILES string of the molecule is Cc1ccc(C(O)C(=O)NC2C(=O)N3C(C(=O)O)=C(C(CCC(=O)O)Sc4ccc5n[nH]c(=O)n5n4)CS[C@@H]23)cc1. The molecule has 4 heterocycles. The smallest absolute Gasteiger partial charge is 0.364 e. The number of hydrogen-bond acceptors (Lipinski definition) is 10.